The predicted molar refractivity (Wildman–Crippen MR) is 142 cm³/mol. The molecular weight excluding hydrogens is 492 g/mol. The lowest BCUT2D eigenvalue weighted by Gasteiger charge is -2.32. The molecule has 1 aromatic heterocycles. The number of benzene rings is 3. The summed E-state index contributed by atoms with van der Waals surface area (Å²) >= 11 is 7.86. The third-order valence-corrected chi connectivity index (χ3v) is 7.30. The fraction of sp³-hybridized carbons (Fsp3) is 0.107. The Balaban J connectivity index is 1.39. The van der Waals surface area contributed by atoms with Gasteiger partial charge in [-0.15, -0.1) is 5.10 Å². The number of halogens is 1. The van der Waals surface area contributed by atoms with E-state index in [2.05, 4.69) is 36.5 Å². The minimum absolute atomic E-state index is 0.221. The van der Waals surface area contributed by atoms with E-state index in [1.165, 1.54) is 17.3 Å². The summed E-state index contributed by atoms with van der Waals surface area (Å²) in [4.78, 5) is 18.2. The first-order valence-electron chi connectivity index (χ1n) is 11.5. The Morgan fingerprint density at radius 1 is 1.00 bits per heavy atom. The number of fused-ring (bicyclic) bond motifs is 2. The molecular formula is C28H21ClN4O2S. The van der Waals surface area contributed by atoms with Crippen molar-refractivity contribution in [1.82, 2.24) is 10.3 Å². The molecule has 36 heavy (non-hydrogen) atoms. The van der Waals surface area contributed by atoms with Crippen molar-refractivity contribution in [3.8, 4) is 11.3 Å². The van der Waals surface area contributed by atoms with Crippen LogP contribution in [0.1, 0.15) is 23.1 Å². The number of hydrogen-bond acceptors (Lipinski definition) is 6. The number of carbonyl (C=O) groups excluding carboxylic acids is 1. The quantitative estimate of drug-likeness (QED) is 0.418. The number of aryl methyl sites for hydroxylation is 1. The first-order chi connectivity index (χ1) is 17.6. The number of para-hydroxylation sites is 1. The minimum Gasteiger partial charge on any atom is -0.457 e. The van der Waals surface area contributed by atoms with Crippen molar-refractivity contribution in [2.45, 2.75) is 18.8 Å². The number of rotatable bonds is 4. The summed E-state index contributed by atoms with van der Waals surface area (Å²) in [5, 5.41) is 12.0. The van der Waals surface area contributed by atoms with Crippen molar-refractivity contribution in [3.05, 3.63) is 117 Å². The van der Waals surface area contributed by atoms with Gasteiger partial charge in [-0.3, -0.25) is 10.1 Å². The van der Waals surface area contributed by atoms with Gasteiger partial charge < -0.3 is 4.42 Å². The van der Waals surface area contributed by atoms with Crippen molar-refractivity contribution in [2.24, 2.45) is 10.1 Å². The van der Waals surface area contributed by atoms with Crippen molar-refractivity contribution in [3.63, 3.8) is 0 Å². The maximum atomic E-state index is 13.3. The Kier molecular flexibility index (Phi) is 5.87. The van der Waals surface area contributed by atoms with Gasteiger partial charge in [-0.1, -0.05) is 83.5 Å². The van der Waals surface area contributed by atoms with Crippen LogP contribution in [0.3, 0.4) is 0 Å². The Bertz CT molecular complexity index is 1630. The Hall–Kier alpha value is -3.81. The highest BCUT2D eigenvalue weighted by molar-refractivity contribution is 8.13. The van der Waals surface area contributed by atoms with Crippen LogP contribution in [0.15, 0.2) is 99.4 Å². The van der Waals surface area contributed by atoms with Crippen molar-refractivity contribution in [2.75, 3.05) is 0 Å². The highest BCUT2D eigenvalue weighted by Crippen LogP contribution is 2.36. The van der Waals surface area contributed by atoms with Gasteiger partial charge in [0.05, 0.1) is 10.4 Å². The lowest BCUT2D eigenvalue weighted by Crippen LogP contribution is -2.50. The smallest absolute Gasteiger partial charge is 0.276 e. The van der Waals surface area contributed by atoms with E-state index in [4.69, 9.17) is 26.1 Å². The summed E-state index contributed by atoms with van der Waals surface area (Å²) in [7, 11) is 0. The van der Waals surface area contributed by atoms with Crippen LogP contribution in [-0.4, -0.2) is 16.1 Å². The maximum Gasteiger partial charge on any atom is 0.276 e. The molecule has 1 amide bonds. The van der Waals surface area contributed by atoms with Gasteiger partial charge in [0.25, 0.3) is 5.91 Å². The topological polar surface area (TPSA) is 70.2 Å². The highest BCUT2D eigenvalue weighted by atomic mass is 35.5. The monoisotopic (exact) mass is 512 g/mol. The van der Waals surface area contributed by atoms with Gasteiger partial charge in [-0.05, 0) is 42.8 Å². The number of thioether (sulfide) groups is 1. The molecule has 178 valence electrons. The Morgan fingerprint density at radius 3 is 2.61 bits per heavy atom. The number of nitrogens with one attached hydrogen (secondary N) is 1. The molecule has 0 spiro atoms. The number of nitrogens with zero attached hydrogens (tertiary/aromatic N) is 3. The van der Waals surface area contributed by atoms with Crippen molar-refractivity contribution < 1.29 is 9.21 Å². The van der Waals surface area contributed by atoms with Crippen LogP contribution in [0, 0.1) is 6.92 Å². The lowest BCUT2D eigenvalue weighted by atomic mass is 10.1. The van der Waals surface area contributed by atoms with E-state index >= 15 is 0 Å². The van der Waals surface area contributed by atoms with Gasteiger partial charge in [-0.25, -0.2) is 10.0 Å². The number of amides is 1. The SMILES string of the molecule is Cc1ccc(CSC2=NN3C(=c4ccccc4=N[C@H]3c3ccc(-c4ccccc4Cl)o3)C(=O)N2)cc1. The zero-order chi connectivity index (χ0) is 24.6. The number of furan rings is 1. The third kappa shape index (κ3) is 4.21. The molecule has 6 rings (SSSR count). The zero-order valence-corrected chi connectivity index (χ0v) is 20.9. The third-order valence-electron chi connectivity index (χ3n) is 6.03. The standard InChI is InChI=1S/C28H21ClN4O2S/c1-17-10-12-18(13-11-17)16-36-28-31-27(34)25-20-7-3-5-9-22(20)30-26(33(25)32-28)24-15-14-23(35-24)19-6-2-4-8-21(19)29/h2-15,26H,16H2,1H3,(H,31,32,34)/t26-/m1/s1. The van der Waals surface area contributed by atoms with E-state index in [0.29, 0.717) is 38.5 Å². The van der Waals surface area contributed by atoms with Gasteiger partial charge in [0.1, 0.15) is 11.5 Å². The van der Waals surface area contributed by atoms with Crippen molar-refractivity contribution >= 4 is 40.1 Å². The average Bonchev–Trinajstić information content (AvgIpc) is 3.38. The minimum atomic E-state index is -0.632. The number of hydrazone groups is 1. The molecule has 4 aromatic rings. The predicted octanol–water partition coefficient (Wildman–Crippen LogP) is 4.98. The second-order valence-electron chi connectivity index (χ2n) is 8.53. The fourth-order valence-electron chi connectivity index (χ4n) is 4.21. The first kappa shape index (κ1) is 22.6. The maximum absolute atomic E-state index is 13.3. The van der Waals surface area contributed by atoms with Crippen LogP contribution in [0.4, 0.5) is 0 Å². The lowest BCUT2D eigenvalue weighted by molar-refractivity contribution is -0.116. The summed E-state index contributed by atoms with van der Waals surface area (Å²) in [6.07, 6.45) is -0.632. The molecule has 1 N–H and O–H groups in total. The summed E-state index contributed by atoms with van der Waals surface area (Å²) in [5.41, 5.74) is 3.59. The summed E-state index contributed by atoms with van der Waals surface area (Å²) < 4.78 is 6.22. The number of hydrogen-bond donors (Lipinski definition) is 1. The summed E-state index contributed by atoms with van der Waals surface area (Å²) in [5.74, 6) is 1.66. The van der Waals surface area contributed by atoms with Crippen LogP contribution in [0.2, 0.25) is 5.02 Å². The summed E-state index contributed by atoms with van der Waals surface area (Å²) in [6.45, 7) is 2.06. The molecule has 2 aliphatic rings. The summed E-state index contributed by atoms with van der Waals surface area (Å²) in [6, 6.07) is 27.1. The van der Waals surface area contributed by atoms with Gasteiger partial charge in [0.2, 0.25) is 6.17 Å². The Morgan fingerprint density at radius 2 is 1.78 bits per heavy atom. The second-order valence-corrected chi connectivity index (χ2v) is 9.90. The van der Waals surface area contributed by atoms with E-state index < -0.39 is 6.17 Å². The molecule has 3 aromatic carbocycles. The van der Waals surface area contributed by atoms with Gasteiger partial charge in [0, 0.05) is 16.5 Å². The van der Waals surface area contributed by atoms with E-state index in [-0.39, 0.29) is 5.91 Å². The van der Waals surface area contributed by atoms with Gasteiger partial charge >= 0.3 is 0 Å². The molecule has 0 saturated carbocycles. The zero-order valence-electron chi connectivity index (χ0n) is 19.3. The van der Waals surface area contributed by atoms with Crippen LogP contribution >= 0.6 is 23.4 Å². The number of carbonyl (C=O) groups is 1. The van der Waals surface area contributed by atoms with E-state index in [9.17, 15) is 4.79 Å². The van der Waals surface area contributed by atoms with E-state index in [1.807, 2.05) is 60.7 Å². The molecule has 2 aliphatic heterocycles. The van der Waals surface area contributed by atoms with Crippen molar-refractivity contribution in [1.29, 1.82) is 0 Å². The highest BCUT2D eigenvalue weighted by Gasteiger charge is 2.36. The number of amidine groups is 1. The molecule has 0 aliphatic carbocycles. The van der Waals surface area contributed by atoms with Crippen LogP contribution in [0.25, 0.3) is 17.0 Å². The second kappa shape index (κ2) is 9.33. The largest absolute Gasteiger partial charge is 0.457 e. The molecule has 0 radical (unpaired) electrons. The molecule has 8 heteroatoms. The molecule has 3 heterocycles. The normalized spacial score (nSPS) is 16.6. The molecule has 6 nitrogen and oxygen atoms in total. The van der Waals surface area contributed by atoms with Crippen LogP contribution < -0.4 is 15.9 Å². The molecule has 0 saturated heterocycles. The average molecular weight is 513 g/mol. The molecule has 0 bridgehead atoms. The van der Waals surface area contributed by atoms with Gasteiger partial charge in [-0.2, -0.15) is 0 Å². The van der Waals surface area contributed by atoms with Crippen LogP contribution in [0.5, 0.6) is 0 Å². The van der Waals surface area contributed by atoms with E-state index in [1.54, 1.807) is 5.01 Å². The molecule has 1 atom stereocenters. The van der Waals surface area contributed by atoms with E-state index in [0.717, 1.165) is 16.3 Å². The Labute approximate surface area is 217 Å². The molecule has 0 fully saturated rings. The first-order valence-corrected chi connectivity index (χ1v) is 12.8. The molecule has 0 unspecified atom stereocenters. The van der Waals surface area contributed by atoms with Gasteiger partial charge in [0.15, 0.2) is 10.9 Å². The fourth-order valence-corrected chi connectivity index (χ4v) is 5.25. The van der Waals surface area contributed by atoms with Crippen LogP contribution in [-0.2, 0) is 10.5 Å².